The molecule has 0 fully saturated rings. The molecule has 2 rings (SSSR count). The van der Waals surface area contributed by atoms with Gasteiger partial charge in [-0.25, -0.2) is 12.8 Å². The molecular formula is C11H9ClFN3O2S. The van der Waals surface area contributed by atoms with Gasteiger partial charge in [0.2, 0.25) is 0 Å². The SMILES string of the molecule is Nc1cc(Cl)ccc1S(=O)(=O)Nc1ccncc1F. The molecule has 0 unspecified atom stereocenters. The number of benzene rings is 1. The minimum absolute atomic E-state index is 0.0190. The van der Waals surface area contributed by atoms with E-state index in [0.717, 1.165) is 6.20 Å². The number of halogens is 2. The van der Waals surface area contributed by atoms with Gasteiger partial charge in [0.1, 0.15) is 4.90 Å². The van der Waals surface area contributed by atoms with Crippen molar-refractivity contribution < 1.29 is 12.8 Å². The summed E-state index contributed by atoms with van der Waals surface area (Å²) < 4.78 is 39.6. The Bertz CT molecular complexity index is 722. The minimum atomic E-state index is -3.98. The van der Waals surface area contributed by atoms with E-state index in [2.05, 4.69) is 9.71 Å². The average Bonchev–Trinajstić information content (AvgIpc) is 2.31. The number of nitrogen functional groups attached to an aromatic ring is 1. The first-order chi connectivity index (χ1) is 8.90. The van der Waals surface area contributed by atoms with E-state index in [-0.39, 0.29) is 16.3 Å². The van der Waals surface area contributed by atoms with Crippen LogP contribution < -0.4 is 10.5 Å². The Morgan fingerprint density at radius 3 is 2.68 bits per heavy atom. The second kappa shape index (κ2) is 5.02. The molecule has 5 nitrogen and oxygen atoms in total. The normalized spacial score (nSPS) is 11.3. The lowest BCUT2D eigenvalue weighted by Gasteiger charge is -2.10. The summed E-state index contributed by atoms with van der Waals surface area (Å²) in [5.41, 5.74) is 5.37. The van der Waals surface area contributed by atoms with Gasteiger partial charge in [-0.3, -0.25) is 9.71 Å². The summed E-state index contributed by atoms with van der Waals surface area (Å²) in [5, 5.41) is 0.312. The molecular weight excluding hydrogens is 293 g/mol. The molecule has 0 bridgehead atoms. The van der Waals surface area contributed by atoms with Crippen LogP contribution >= 0.6 is 11.6 Å². The van der Waals surface area contributed by atoms with Crippen LogP contribution in [0.15, 0.2) is 41.6 Å². The van der Waals surface area contributed by atoms with Crippen LogP contribution in [0.5, 0.6) is 0 Å². The lowest BCUT2D eigenvalue weighted by Crippen LogP contribution is -2.15. The highest BCUT2D eigenvalue weighted by Gasteiger charge is 2.19. The molecule has 0 saturated carbocycles. The Hall–Kier alpha value is -1.86. The summed E-state index contributed by atoms with van der Waals surface area (Å²) >= 11 is 5.69. The monoisotopic (exact) mass is 301 g/mol. The molecule has 1 aromatic heterocycles. The molecule has 0 atom stereocenters. The van der Waals surface area contributed by atoms with Crippen LogP contribution in [0.3, 0.4) is 0 Å². The zero-order valence-electron chi connectivity index (χ0n) is 9.47. The van der Waals surface area contributed by atoms with Crippen LogP contribution in [-0.2, 0) is 10.0 Å². The third-order valence-electron chi connectivity index (χ3n) is 2.28. The van der Waals surface area contributed by atoms with Crippen molar-refractivity contribution in [3.8, 4) is 0 Å². The molecule has 0 saturated heterocycles. The summed E-state index contributed by atoms with van der Waals surface area (Å²) in [6.07, 6.45) is 2.18. The number of nitrogens with two attached hydrogens (primary N) is 1. The highest BCUT2D eigenvalue weighted by atomic mass is 35.5. The summed E-state index contributed by atoms with van der Waals surface area (Å²) in [6, 6.07) is 5.15. The minimum Gasteiger partial charge on any atom is -0.398 e. The number of anilines is 2. The van der Waals surface area contributed by atoms with E-state index >= 15 is 0 Å². The lowest BCUT2D eigenvalue weighted by molar-refractivity contribution is 0.598. The largest absolute Gasteiger partial charge is 0.398 e. The molecule has 0 amide bonds. The molecule has 8 heteroatoms. The number of nitrogens with zero attached hydrogens (tertiary/aromatic N) is 1. The lowest BCUT2D eigenvalue weighted by atomic mass is 10.3. The molecule has 19 heavy (non-hydrogen) atoms. The van der Waals surface area contributed by atoms with E-state index in [1.54, 1.807) is 0 Å². The van der Waals surface area contributed by atoms with Crippen molar-refractivity contribution in [3.05, 3.63) is 47.5 Å². The van der Waals surface area contributed by atoms with Crippen LogP contribution in [0.4, 0.5) is 15.8 Å². The van der Waals surface area contributed by atoms with Gasteiger partial charge in [0.05, 0.1) is 17.6 Å². The standard InChI is InChI=1S/C11H9ClFN3O2S/c12-7-1-2-11(9(14)5-7)19(17,18)16-10-3-4-15-6-8(10)13/h1-6H,14H2,(H,15,16). The van der Waals surface area contributed by atoms with Gasteiger partial charge in [0.15, 0.2) is 5.82 Å². The maximum atomic E-state index is 13.4. The molecule has 0 aliphatic carbocycles. The molecule has 3 N–H and O–H groups in total. The van der Waals surface area contributed by atoms with E-state index in [0.29, 0.717) is 5.02 Å². The molecule has 0 spiro atoms. The van der Waals surface area contributed by atoms with Crippen molar-refractivity contribution in [3.63, 3.8) is 0 Å². The van der Waals surface area contributed by atoms with E-state index in [4.69, 9.17) is 17.3 Å². The average molecular weight is 302 g/mol. The summed E-state index contributed by atoms with van der Waals surface area (Å²) in [5.74, 6) is -0.779. The maximum Gasteiger partial charge on any atom is 0.264 e. The number of hydrogen-bond donors (Lipinski definition) is 2. The molecule has 0 radical (unpaired) electrons. The molecule has 100 valence electrons. The Balaban J connectivity index is 2.41. The number of rotatable bonds is 3. The van der Waals surface area contributed by atoms with Crippen molar-refractivity contribution in [1.29, 1.82) is 0 Å². The van der Waals surface area contributed by atoms with Gasteiger partial charge in [-0.1, -0.05) is 11.6 Å². The summed E-state index contributed by atoms with van der Waals surface area (Å²) in [4.78, 5) is 3.35. The zero-order chi connectivity index (χ0) is 14.0. The van der Waals surface area contributed by atoms with Crippen molar-refractivity contribution >= 4 is 33.0 Å². The molecule has 2 aromatic rings. The van der Waals surface area contributed by atoms with Gasteiger partial charge >= 0.3 is 0 Å². The highest BCUT2D eigenvalue weighted by molar-refractivity contribution is 7.92. The highest BCUT2D eigenvalue weighted by Crippen LogP contribution is 2.25. The fourth-order valence-corrected chi connectivity index (χ4v) is 2.78. The van der Waals surface area contributed by atoms with Gasteiger partial charge < -0.3 is 5.73 Å². The summed E-state index contributed by atoms with van der Waals surface area (Å²) in [7, 11) is -3.98. The van der Waals surface area contributed by atoms with Crippen LogP contribution in [0, 0.1) is 5.82 Å². The van der Waals surface area contributed by atoms with Crippen molar-refractivity contribution in [2.24, 2.45) is 0 Å². The van der Waals surface area contributed by atoms with Crippen LogP contribution in [0.1, 0.15) is 0 Å². The predicted octanol–water partition coefficient (Wildman–Crippen LogP) is 2.26. The van der Waals surface area contributed by atoms with E-state index < -0.39 is 15.8 Å². The van der Waals surface area contributed by atoms with Crippen LogP contribution in [0.25, 0.3) is 0 Å². The molecule has 1 heterocycles. The van der Waals surface area contributed by atoms with E-state index in [1.165, 1.54) is 30.5 Å². The van der Waals surface area contributed by atoms with Gasteiger partial charge in [-0.05, 0) is 24.3 Å². The number of nitrogens with one attached hydrogen (secondary N) is 1. The van der Waals surface area contributed by atoms with Crippen molar-refractivity contribution in [2.45, 2.75) is 4.90 Å². The molecule has 0 aliphatic heterocycles. The first-order valence-corrected chi connectivity index (χ1v) is 6.93. The van der Waals surface area contributed by atoms with Gasteiger partial charge in [0.25, 0.3) is 10.0 Å². The van der Waals surface area contributed by atoms with Crippen LogP contribution in [-0.4, -0.2) is 13.4 Å². The summed E-state index contributed by atoms with van der Waals surface area (Å²) in [6.45, 7) is 0. The van der Waals surface area contributed by atoms with E-state index in [1.807, 2.05) is 0 Å². The topological polar surface area (TPSA) is 85.1 Å². The smallest absolute Gasteiger partial charge is 0.264 e. The van der Waals surface area contributed by atoms with Crippen LogP contribution in [0.2, 0.25) is 5.02 Å². The Morgan fingerprint density at radius 1 is 1.32 bits per heavy atom. The fraction of sp³-hybridized carbons (Fsp3) is 0. The van der Waals surface area contributed by atoms with Gasteiger partial charge in [0, 0.05) is 11.2 Å². The first kappa shape index (κ1) is 13.6. The Labute approximate surface area is 114 Å². The number of hydrogen-bond acceptors (Lipinski definition) is 4. The number of sulfonamides is 1. The second-order valence-electron chi connectivity index (χ2n) is 3.64. The first-order valence-electron chi connectivity index (χ1n) is 5.07. The zero-order valence-corrected chi connectivity index (χ0v) is 11.0. The Kier molecular flexibility index (Phi) is 3.59. The van der Waals surface area contributed by atoms with E-state index in [9.17, 15) is 12.8 Å². The number of aromatic nitrogens is 1. The second-order valence-corrected chi connectivity index (χ2v) is 5.73. The fourth-order valence-electron chi connectivity index (χ4n) is 1.42. The Morgan fingerprint density at radius 2 is 2.05 bits per heavy atom. The number of pyridine rings is 1. The third kappa shape index (κ3) is 2.94. The predicted molar refractivity (Wildman–Crippen MR) is 70.9 cm³/mol. The molecule has 0 aliphatic rings. The quantitative estimate of drug-likeness (QED) is 0.852. The van der Waals surface area contributed by atoms with Gasteiger partial charge in [-0.15, -0.1) is 0 Å². The van der Waals surface area contributed by atoms with Crippen molar-refractivity contribution in [2.75, 3.05) is 10.5 Å². The maximum absolute atomic E-state index is 13.4. The van der Waals surface area contributed by atoms with Crippen molar-refractivity contribution in [1.82, 2.24) is 4.98 Å². The van der Waals surface area contributed by atoms with Gasteiger partial charge in [-0.2, -0.15) is 0 Å². The molecule has 1 aromatic carbocycles. The third-order valence-corrected chi connectivity index (χ3v) is 3.95.